The molecule has 0 saturated carbocycles. The van der Waals surface area contributed by atoms with Crippen molar-refractivity contribution in [3.63, 3.8) is 0 Å². The van der Waals surface area contributed by atoms with E-state index >= 15 is 0 Å². The van der Waals surface area contributed by atoms with Crippen LogP contribution in [0.15, 0.2) is 54.6 Å². The summed E-state index contributed by atoms with van der Waals surface area (Å²) in [5, 5.41) is 11.8. The van der Waals surface area contributed by atoms with E-state index in [1.54, 1.807) is 29.2 Å². The lowest BCUT2D eigenvalue weighted by molar-refractivity contribution is -0.121. The minimum absolute atomic E-state index is 0.0875. The summed E-state index contributed by atoms with van der Waals surface area (Å²) in [6, 6.07) is 18.4. The molecule has 2 aromatic carbocycles. The SMILES string of the molecule is CC(=O)N(CCNC(=O)Cc1ccccc1)c1cccc(C#N)c1. The molecular weight excluding hydrogens is 302 g/mol. The summed E-state index contributed by atoms with van der Waals surface area (Å²) >= 11 is 0. The molecule has 0 aromatic heterocycles. The fourth-order valence-electron chi connectivity index (χ4n) is 2.36. The average molecular weight is 321 g/mol. The molecule has 2 aromatic rings. The molecule has 1 N–H and O–H groups in total. The molecule has 0 heterocycles. The van der Waals surface area contributed by atoms with Crippen LogP contribution in [0.5, 0.6) is 0 Å². The second-order valence-electron chi connectivity index (χ2n) is 5.35. The van der Waals surface area contributed by atoms with Gasteiger partial charge < -0.3 is 10.2 Å². The van der Waals surface area contributed by atoms with Crippen molar-refractivity contribution in [2.75, 3.05) is 18.0 Å². The van der Waals surface area contributed by atoms with Crippen molar-refractivity contribution in [1.29, 1.82) is 5.26 Å². The summed E-state index contributed by atoms with van der Waals surface area (Å²) in [4.78, 5) is 25.3. The minimum Gasteiger partial charge on any atom is -0.354 e. The predicted molar refractivity (Wildman–Crippen MR) is 92.3 cm³/mol. The van der Waals surface area contributed by atoms with E-state index in [9.17, 15) is 9.59 Å². The number of nitriles is 1. The lowest BCUT2D eigenvalue weighted by Crippen LogP contribution is -2.38. The monoisotopic (exact) mass is 321 g/mol. The Labute approximate surface area is 141 Å². The third-order valence-corrected chi connectivity index (χ3v) is 3.53. The Hall–Kier alpha value is -3.13. The third kappa shape index (κ3) is 4.96. The van der Waals surface area contributed by atoms with Crippen LogP contribution in [0.3, 0.4) is 0 Å². The van der Waals surface area contributed by atoms with Gasteiger partial charge in [0.15, 0.2) is 0 Å². The fourth-order valence-corrected chi connectivity index (χ4v) is 2.36. The molecule has 24 heavy (non-hydrogen) atoms. The van der Waals surface area contributed by atoms with Crippen LogP contribution in [-0.2, 0) is 16.0 Å². The van der Waals surface area contributed by atoms with Gasteiger partial charge in [0.1, 0.15) is 0 Å². The molecule has 2 amide bonds. The van der Waals surface area contributed by atoms with E-state index in [1.807, 2.05) is 30.3 Å². The zero-order chi connectivity index (χ0) is 17.4. The van der Waals surface area contributed by atoms with Gasteiger partial charge in [-0.15, -0.1) is 0 Å². The van der Waals surface area contributed by atoms with Crippen molar-refractivity contribution in [3.05, 3.63) is 65.7 Å². The fraction of sp³-hybridized carbons (Fsp3) is 0.211. The lowest BCUT2D eigenvalue weighted by atomic mass is 10.1. The number of carbonyl (C=O) groups is 2. The van der Waals surface area contributed by atoms with Gasteiger partial charge >= 0.3 is 0 Å². The van der Waals surface area contributed by atoms with Gasteiger partial charge in [0, 0.05) is 25.7 Å². The van der Waals surface area contributed by atoms with Crippen molar-refractivity contribution in [3.8, 4) is 6.07 Å². The molecule has 0 spiro atoms. The maximum absolute atomic E-state index is 11.9. The van der Waals surface area contributed by atoms with Crippen molar-refractivity contribution < 1.29 is 9.59 Å². The first-order valence-electron chi connectivity index (χ1n) is 7.69. The first-order valence-corrected chi connectivity index (χ1v) is 7.69. The molecule has 5 nitrogen and oxygen atoms in total. The zero-order valence-electron chi connectivity index (χ0n) is 13.5. The average Bonchev–Trinajstić information content (AvgIpc) is 2.59. The van der Waals surface area contributed by atoms with Crippen molar-refractivity contribution in [1.82, 2.24) is 5.32 Å². The van der Waals surface area contributed by atoms with Gasteiger partial charge in [0.2, 0.25) is 11.8 Å². The summed E-state index contributed by atoms with van der Waals surface area (Å²) in [6.07, 6.45) is 0.310. The maximum Gasteiger partial charge on any atom is 0.224 e. The Balaban J connectivity index is 1.91. The van der Waals surface area contributed by atoms with Gasteiger partial charge in [-0.3, -0.25) is 9.59 Å². The topological polar surface area (TPSA) is 73.2 Å². The predicted octanol–water partition coefficient (Wildman–Crippen LogP) is 2.27. The molecule has 0 saturated heterocycles. The number of hydrogen-bond acceptors (Lipinski definition) is 3. The highest BCUT2D eigenvalue weighted by Crippen LogP contribution is 2.15. The number of hydrogen-bond donors (Lipinski definition) is 1. The Morgan fingerprint density at radius 2 is 1.88 bits per heavy atom. The Bertz CT molecular complexity index is 751. The normalized spacial score (nSPS) is 9.83. The van der Waals surface area contributed by atoms with Crippen LogP contribution in [0.25, 0.3) is 0 Å². The molecule has 0 bridgehead atoms. The van der Waals surface area contributed by atoms with Crippen molar-refractivity contribution in [2.45, 2.75) is 13.3 Å². The number of rotatable bonds is 6. The minimum atomic E-state index is -0.137. The maximum atomic E-state index is 11.9. The summed E-state index contributed by atoms with van der Waals surface area (Å²) in [6.45, 7) is 2.16. The molecule has 122 valence electrons. The van der Waals surface area contributed by atoms with Gasteiger partial charge in [-0.05, 0) is 23.8 Å². The first-order chi connectivity index (χ1) is 11.6. The largest absolute Gasteiger partial charge is 0.354 e. The molecule has 0 aliphatic rings. The molecule has 0 aliphatic carbocycles. The smallest absolute Gasteiger partial charge is 0.224 e. The number of nitrogens with zero attached hydrogens (tertiary/aromatic N) is 2. The van der Waals surface area contributed by atoms with Crippen LogP contribution in [0.1, 0.15) is 18.1 Å². The molecule has 0 fully saturated rings. The highest BCUT2D eigenvalue weighted by atomic mass is 16.2. The zero-order valence-corrected chi connectivity index (χ0v) is 13.5. The van der Waals surface area contributed by atoms with Gasteiger partial charge in [0.25, 0.3) is 0 Å². The standard InChI is InChI=1S/C19H19N3O2/c1-15(23)22(18-9-5-8-17(12-18)14-20)11-10-21-19(24)13-16-6-3-2-4-7-16/h2-9,12H,10-11,13H2,1H3,(H,21,24). The quantitative estimate of drug-likeness (QED) is 0.887. The number of nitrogens with one attached hydrogen (secondary N) is 1. The summed E-state index contributed by atoms with van der Waals surface area (Å²) in [5.41, 5.74) is 2.09. The number of anilines is 1. The van der Waals surface area contributed by atoms with Gasteiger partial charge in [-0.2, -0.15) is 5.26 Å². The van der Waals surface area contributed by atoms with E-state index in [0.29, 0.717) is 30.8 Å². The number of amides is 2. The number of carbonyl (C=O) groups excluding carboxylic acids is 2. The lowest BCUT2D eigenvalue weighted by Gasteiger charge is -2.21. The summed E-state index contributed by atoms with van der Waals surface area (Å²) in [5.74, 6) is -0.224. The van der Waals surface area contributed by atoms with Gasteiger partial charge in [0.05, 0.1) is 18.1 Å². The van der Waals surface area contributed by atoms with E-state index in [-0.39, 0.29) is 11.8 Å². The van der Waals surface area contributed by atoms with Crippen LogP contribution in [0.2, 0.25) is 0 Å². The first kappa shape index (κ1) is 17.2. The van der Waals surface area contributed by atoms with E-state index in [1.165, 1.54) is 6.92 Å². The van der Waals surface area contributed by atoms with E-state index in [0.717, 1.165) is 5.56 Å². The van der Waals surface area contributed by atoms with Crippen LogP contribution in [-0.4, -0.2) is 24.9 Å². The molecule has 5 heteroatoms. The van der Waals surface area contributed by atoms with E-state index in [4.69, 9.17) is 5.26 Å². The second kappa shape index (κ2) is 8.49. The third-order valence-electron chi connectivity index (χ3n) is 3.53. The molecule has 0 atom stereocenters. The molecular formula is C19H19N3O2. The Morgan fingerprint density at radius 1 is 1.12 bits per heavy atom. The summed E-state index contributed by atoms with van der Waals surface area (Å²) in [7, 11) is 0. The second-order valence-corrected chi connectivity index (χ2v) is 5.35. The molecule has 2 rings (SSSR count). The van der Waals surface area contributed by atoms with Crippen molar-refractivity contribution >= 4 is 17.5 Å². The Kier molecular flexibility index (Phi) is 6.09. The van der Waals surface area contributed by atoms with Crippen LogP contribution in [0.4, 0.5) is 5.69 Å². The van der Waals surface area contributed by atoms with Gasteiger partial charge in [-0.25, -0.2) is 0 Å². The van der Waals surface area contributed by atoms with Crippen LogP contribution in [0, 0.1) is 11.3 Å². The van der Waals surface area contributed by atoms with Crippen LogP contribution < -0.4 is 10.2 Å². The van der Waals surface area contributed by atoms with E-state index in [2.05, 4.69) is 11.4 Å². The van der Waals surface area contributed by atoms with Gasteiger partial charge in [-0.1, -0.05) is 36.4 Å². The van der Waals surface area contributed by atoms with E-state index < -0.39 is 0 Å². The number of benzene rings is 2. The highest BCUT2D eigenvalue weighted by molar-refractivity contribution is 5.91. The highest BCUT2D eigenvalue weighted by Gasteiger charge is 2.12. The van der Waals surface area contributed by atoms with Crippen LogP contribution >= 0.6 is 0 Å². The summed E-state index contributed by atoms with van der Waals surface area (Å²) < 4.78 is 0. The molecule has 0 unspecified atom stereocenters. The Morgan fingerprint density at radius 3 is 2.54 bits per heavy atom. The molecule has 0 aliphatic heterocycles. The molecule has 0 radical (unpaired) electrons. The van der Waals surface area contributed by atoms with Crippen molar-refractivity contribution in [2.24, 2.45) is 0 Å².